The molecule has 0 aliphatic carbocycles. The Morgan fingerprint density at radius 2 is 1.21 bits per heavy atom. The van der Waals surface area contributed by atoms with Crippen molar-refractivity contribution in [3.8, 4) is 0 Å². The van der Waals surface area contributed by atoms with Gasteiger partial charge in [0, 0.05) is 0 Å². The third-order valence-corrected chi connectivity index (χ3v) is 4.24. The average molecular weight is 343 g/mol. The van der Waals surface area contributed by atoms with Gasteiger partial charge in [-0.1, -0.05) is 71.1 Å². The quantitative estimate of drug-likeness (QED) is 0.277. The Morgan fingerprint density at radius 3 is 1.71 bits per heavy atom. The molecule has 0 saturated heterocycles. The van der Waals surface area contributed by atoms with Crippen LogP contribution in [0.1, 0.15) is 97.8 Å². The first-order chi connectivity index (χ1) is 11.7. The van der Waals surface area contributed by atoms with Gasteiger partial charge in [-0.25, -0.2) is 0 Å². The van der Waals surface area contributed by atoms with Gasteiger partial charge in [0.2, 0.25) is 0 Å². The molecule has 0 amide bonds. The summed E-state index contributed by atoms with van der Waals surface area (Å²) in [4.78, 5) is 23.6. The fraction of sp³-hybridized carbons (Fsp3) is 0.900. The first kappa shape index (κ1) is 22.9. The van der Waals surface area contributed by atoms with Crippen molar-refractivity contribution in [2.45, 2.75) is 97.8 Å². The maximum Gasteiger partial charge on any atom is 0.309 e. The Kier molecular flexibility index (Phi) is 16.0. The molecular weight excluding hydrogens is 304 g/mol. The Morgan fingerprint density at radius 1 is 0.708 bits per heavy atom. The zero-order chi connectivity index (χ0) is 18.0. The van der Waals surface area contributed by atoms with Gasteiger partial charge in [-0.3, -0.25) is 9.59 Å². The van der Waals surface area contributed by atoms with Crippen molar-refractivity contribution < 1.29 is 19.1 Å². The van der Waals surface area contributed by atoms with E-state index < -0.39 is 0 Å². The van der Waals surface area contributed by atoms with Crippen molar-refractivity contribution in [3.63, 3.8) is 0 Å². The summed E-state index contributed by atoms with van der Waals surface area (Å²) in [7, 11) is 0. The summed E-state index contributed by atoms with van der Waals surface area (Å²) in [5, 5.41) is 0. The highest BCUT2D eigenvalue weighted by Gasteiger charge is 2.23. The standard InChI is InChI=1S/C20H38O4/c1-4-7-8-9-10-11-12-13-14-15-16-18(20(22)24-6-3)17-19(21)23-5-2/h18H,4-17H2,1-3H3. The molecule has 0 aliphatic heterocycles. The predicted molar refractivity (Wildman–Crippen MR) is 97.8 cm³/mol. The van der Waals surface area contributed by atoms with Crippen LogP contribution >= 0.6 is 0 Å². The molecule has 142 valence electrons. The molecule has 24 heavy (non-hydrogen) atoms. The van der Waals surface area contributed by atoms with Crippen LogP contribution in [0.15, 0.2) is 0 Å². The van der Waals surface area contributed by atoms with E-state index in [1.165, 1.54) is 51.4 Å². The Hall–Kier alpha value is -1.06. The fourth-order valence-electron chi connectivity index (χ4n) is 2.86. The van der Waals surface area contributed by atoms with E-state index in [1.807, 2.05) is 0 Å². The molecule has 0 fully saturated rings. The molecular formula is C20H38O4. The molecule has 0 heterocycles. The second-order valence-electron chi connectivity index (χ2n) is 6.43. The minimum Gasteiger partial charge on any atom is -0.466 e. The number of ether oxygens (including phenoxy) is 2. The number of esters is 2. The van der Waals surface area contributed by atoms with E-state index in [0.29, 0.717) is 19.6 Å². The number of rotatable bonds is 16. The number of unbranched alkanes of at least 4 members (excludes halogenated alkanes) is 9. The molecule has 0 radical (unpaired) electrons. The number of hydrogen-bond acceptors (Lipinski definition) is 4. The molecule has 0 N–H and O–H groups in total. The van der Waals surface area contributed by atoms with Gasteiger partial charge in [-0.2, -0.15) is 0 Å². The van der Waals surface area contributed by atoms with E-state index in [1.54, 1.807) is 13.8 Å². The fourth-order valence-corrected chi connectivity index (χ4v) is 2.86. The van der Waals surface area contributed by atoms with Crippen LogP contribution in [0.2, 0.25) is 0 Å². The Balaban J connectivity index is 3.81. The van der Waals surface area contributed by atoms with Crippen LogP contribution in [0.4, 0.5) is 0 Å². The van der Waals surface area contributed by atoms with Crippen molar-refractivity contribution >= 4 is 11.9 Å². The number of hydrogen-bond donors (Lipinski definition) is 0. The van der Waals surface area contributed by atoms with Crippen molar-refractivity contribution in [2.75, 3.05) is 13.2 Å². The van der Waals surface area contributed by atoms with Crippen molar-refractivity contribution in [3.05, 3.63) is 0 Å². The lowest BCUT2D eigenvalue weighted by molar-refractivity contribution is -0.155. The summed E-state index contributed by atoms with van der Waals surface area (Å²) in [6.45, 7) is 6.52. The molecule has 0 saturated carbocycles. The number of carbonyl (C=O) groups is 2. The van der Waals surface area contributed by atoms with Gasteiger partial charge in [0.05, 0.1) is 25.6 Å². The third-order valence-electron chi connectivity index (χ3n) is 4.24. The zero-order valence-electron chi connectivity index (χ0n) is 16.1. The summed E-state index contributed by atoms with van der Waals surface area (Å²) in [5.74, 6) is -0.915. The van der Waals surface area contributed by atoms with Crippen LogP contribution in [0.3, 0.4) is 0 Å². The van der Waals surface area contributed by atoms with Gasteiger partial charge in [0.25, 0.3) is 0 Å². The van der Waals surface area contributed by atoms with E-state index in [9.17, 15) is 9.59 Å². The molecule has 1 atom stereocenters. The maximum absolute atomic E-state index is 11.9. The molecule has 1 unspecified atom stereocenters. The first-order valence-electron chi connectivity index (χ1n) is 9.97. The average Bonchev–Trinajstić information content (AvgIpc) is 2.56. The molecule has 0 bridgehead atoms. The van der Waals surface area contributed by atoms with Crippen LogP contribution in [0, 0.1) is 5.92 Å². The SMILES string of the molecule is CCCCCCCCCCCCC(CC(=O)OCC)C(=O)OCC. The summed E-state index contributed by atoms with van der Waals surface area (Å²) in [5.41, 5.74) is 0. The minimum absolute atomic E-state index is 0.143. The first-order valence-corrected chi connectivity index (χ1v) is 9.97. The van der Waals surface area contributed by atoms with Crippen LogP contribution in [0.25, 0.3) is 0 Å². The number of carbonyl (C=O) groups excluding carboxylic acids is 2. The highest BCUT2D eigenvalue weighted by atomic mass is 16.5. The third kappa shape index (κ3) is 13.4. The maximum atomic E-state index is 11.9. The molecule has 4 nitrogen and oxygen atoms in total. The highest BCUT2D eigenvalue weighted by Crippen LogP contribution is 2.18. The molecule has 0 aliphatic rings. The largest absolute Gasteiger partial charge is 0.466 e. The molecule has 0 aromatic heterocycles. The van der Waals surface area contributed by atoms with E-state index in [2.05, 4.69) is 6.92 Å². The lowest BCUT2D eigenvalue weighted by Gasteiger charge is -2.14. The Labute approximate surface area is 148 Å². The van der Waals surface area contributed by atoms with Gasteiger partial charge in [0.15, 0.2) is 0 Å². The van der Waals surface area contributed by atoms with E-state index in [-0.39, 0.29) is 24.3 Å². The molecule has 0 rings (SSSR count). The van der Waals surface area contributed by atoms with E-state index >= 15 is 0 Å². The van der Waals surface area contributed by atoms with Crippen LogP contribution in [-0.4, -0.2) is 25.2 Å². The molecule has 0 spiro atoms. The normalized spacial score (nSPS) is 12.0. The van der Waals surface area contributed by atoms with Gasteiger partial charge in [-0.05, 0) is 20.3 Å². The summed E-state index contributed by atoms with van der Waals surface area (Å²) in [6, 6.07) is 0. The van der Waals surface area contributed by atoms with Gasteiger partial charge in [-0.15, -0.1) is 0 Å². The van der Waals surface area contributed by atoms with E-state index in [4.69, 9.17) is 9.47 Å². The molecule has 4 heteroatoms. The highest BCUT2D eigenvalue weighted by molar-refractivity contribution is 5.79. The zero-order valence-corrected chi connectivity index (χ0v) is 16.1. The van der Waals surface area contributed by atoms with Crippen LogP contribution in [0.5, 0.6) is 0 Å². The summed E-state index contributed by atoms with van der Waals surface area (Å²) < 4.78 is 10.0. The Bertz CT molecular complexity index is 315. The van der Waals surface area contributed by atoms with Crippen molar-refractivity contribution in [1.82, 2.24) is 0 Å². The van der Waals surface area contributed by atoms with Gasteiger partial charge < -0.3 is 9.47 Å². The van der Waals surface area contributed by atoms with Crippen LogP contribution < -0.4 is 0 Å². The summed E-state index contributed by atoms with van der Waals surface area (Å²) in [6.07, 6.45) is 13.5. The van der Waals surface area contributed by atoms with Gasteiger partial charge in [0.1, 0.15) is 0 Å². The van der Waals surface area contributed by atoms with Gasteiger partial charge >= 0.3 is 11.9 Å². The topological polar surface area (TPSA) is 52.6 Å². The smallest absolute Gasteiger partial charge is 0.309 e. The van der Waals surface area contributed by atoms with E-state index in [0.717, 1.165) is 12.8 Å². The minimum atomic E-state index is -0.349. The lowest BCUT2D eigenvalue weighted by atomic mass is 9.97. The second kappa shape index (κ2) is 16.8. The second-order valence-corrected chi connectivity index (χ2v) is 6.43. The summed E-state index contributed by atoms with van der Waals surface area (Å²) >= 11 is 0. The monoisotopic (exact) mass is 342 g/mol. The molecule has 0 aromatic rings. The predicted octanol–water partition coefficient (Wildman–Crippen LogP) is 5.43. The van der Waals surface area contributed by atoms with Crippen molar-refractivity contribution in [2.24, 2.45) is 5.92 Å². The van der Waals surface area contributed by atoms with Crippen LogP contribution in [-0.2, 0) is 19.1 Å². The van der Waals surface area contributed by atoms with Crippen molar-refractivity contribution in [1.29, 1.82) is 0 Å². The lowest BCUT2D eigenvalue weighted by Crippen LogP contribution is -2.22. The molecule has 0 aromatic carbocycles.